The van der Waals surface area contributed by atoms with Crippen LogP contribution in [0.3, 0.4) is 0 Å². The molecular formula is C18H27NO3. The van der Waals surface area contributed by atoms with E-state index in [-0.39, 0.29) is 6.61 Å². The fourth-order valence-corrected chi connectivity index (χ4v) is 1.94. The average molecular weight is 305 g/mol. The first-order valence-electron chi connectivity index (χ1n) is 7.71. The third kappa shape index (κ3) is 6.43. The highest BCUT2D eigenvalue weighted by molar-refractivity contribution is 5.88. The molecule has 0 spiro atoms. The molecule has 0 aromatic heterocycles. The number of hydrogen-bond donors (Lipinski definition) is 3. The smallest absolute Gasteiger partial charge is 0.127 e. The molecule has 2 rings (SSSR count). The maximum Gasteiger partial charge on any atom is 0.127 e. The Bertz CT molecular complexity index is 537. The van der Waals surface area contributed by atoms with Crippen molar-refractivity contribution in [3.8, 4) is 5.75 Å². The first-order chi connectivity index (χ1) is 10.6. The van der Waals surface area contributed by atoms with Crippen LogP contribution >= 0.6 is 0 Å². The van der Waals surface area contributed by atoms with Crippen molar-refractivity contribution >= 4 is 10.8 Å². The number of ether oxygens (including phenoxy) is 1. The molecule has 3 N–H and O–H groups in total. The van der Waals surface area contributed by atoms with Gasteiger partial charge in [-0.05, 0) is 18.4 Å². The van der Waals surface area contributed by atoms with Crippen molar-refractivity contribution < 1.29 is 14.9 Å². The summed E-state index contributed by atoms with van der Waals surface area (Å²) < 4.78 is 5.72. The highest BCUT2D eigenvalue weighted by atomic mass is 16.5. The highest BCUT2D eigenvalue weighted by Crippen LogP contribution is 2.25. The maximum atomic E-state index is 9.84. The Kier molecular flexibility index (Phi) is 8.51. The Balaban J connectivity index is 0.000000745. The van der Waals surface area contributed by atoms with E-state index in [9.17, 15) is 5.11 Å². The SMILES string of the molecule is CC(C)NCC(O)COc1cccc2ccccc12.CCO. The standard InChI is InChI=1S/C16H21NO2.C2H6O/c1-12(2)17-10-14(18)11-19-16-9-5-7-13-6-3-4-8-15(13)16;1-2-3/h3-9,12,14,17-18H,10-11H2,1-2H3;3H,2H2,1H3. The second-order valence-corrected chi connectivity index (χ2v) is 5.32. The van der Waals surface area contributed by atoms with E-state index in [1.807, 2.05) is 30.3 Å². The van der Waals surface area contributed by atoms with Crippen LogP contribution in [-0.4, -0.2) is 42.1 Å². The van der Waals surface area contributed by atoms with Crippen LogP contribution in [0, 0.1) is 0 Å². The van der Waals surface area contributed by atoms with Crippen LogP contribution in [0.15, 0.2) is 42.5 Å². The Hall–Kier alpha value is -1.62. The minimum atomic E-state index is -0.499. The molecule has 0 saturated carbocycles. The quantitative estimate of drug-likeness (QED) is 0.767. The number of aliphatic hydroxyl groups excluding tert-OH is 2. The first kappa shape index (κ1) is 18.4. The molecule has 1 atom stereocenters. The molecule has 0 amide bonds. The van der Waals surface area contributed by atoms with Crippen LogP contribution in [0.1, 0.15) is 20.8 Å². The van der Waals surface area contributed by atoms with Crippen LogP contribution in [0.5, 0.6) is 5.75 Å². The van der Waals surface area contributed by atoms with E-state index in [0.717, 1.165) is 16.5 Å². The van der Waals surface area contributed by atoms with Gasteiger partial charge in [0.2, 0.25) is 0 Å². The van der Waals surface area contributed by atoms with E-state index in [4.69, 9.17) is 9.84 Å². The van der Waals surface area contributed by atoms with Crippen molar-refractivity contribution in [3.63, 3.8) is 0 Å². The molecule has 0 heterocycles. The zero-order valence-corrected chi connectivity index (χ0v) is 13.6. The number of fused-ring (bicyclic) bond motifs is 1. The molecule has 0 fully saturated rings. The van der Waals surface area contributed by atoms with Gasteiger partial charge in [0.05, 0.1) is 0 Å². The van der Waals surface area contributed by atoms with Crippen molar-refractivity contribution in [2.45, 2.75) is 32.9 Å². The van der Waals surface area contributed by atoms with Gasteiger partial charge in [0.25, 0.3) is 0 Å². The molecule has 0 saturated heterocycles. The van der Waals surface area contributed by atoms with Crippen LogP contribution in [0.2, 0.25) is 0 Å². The number of aliphatic hydroxyl groups is 2. The molecule has 0 aliphatic rings. The third-order valence-corrected chi connectivity index (χ3v) is 2.94. The third-order valence-electron chi connectivity index (χ3n) is 2.94. The number of benzene rings is 2. The van der Waals surface area contributed by atoms with E-state index in [1.165, 1.54) is 0 Å². The molecule has 2 aromatic carbocycles. The normalized spacial score (nSPS) is 11.9. The molecule has 122 valence electrons. The lowest BCUT2D eigenvalue weighted by molar-refractivity contribution is 0.105. The van der Waals surface area contributed by atoms with Crippen LogP contribution in [-0.2, 0) is 0 Å². The lowest BCUT2D eigenvalue weighted by Gasteiger charge is -2.15. The number of nitrogens with one attached hydrogen (secondary N) is 1. The van der Waals surface area contributed by atoms with Gasteiger partial charge in [-0.3, -0.25) is 0 Å². The molecule has 0 aliphatic carbocycles. The van der Waals surface area contributed by atoms with E-state index >= 15 is 0 Å². The Morgan fingerprint density at radius 1 is 1.09 bits per heavy atom. The van der Waals surface area contributed by atoms with Crippen molar-refractivity contribution in [2.75, 3.05) is 19.8 Å². The molecule has 1 unspecified atom stereocenters. The van der Waals surface area contributed by atoms with Gasteiger partial charge >= 0.3 is 0 Å². The average Bonchev–Trinajstić information content (AvgIpc) is 2.51. The predicted molar refractivity (Wildman–Crippen MR) is 91.3 cm³/mol. The molecule has 4 heteroatoms. The van der Waals surface area contributed by atoms with Crippen LogP contribution in [0.25, 0.3) is 10.8 Å². The Morgan fingerprint density at radius 2 is 1.73 bits per heavy atom. The molecule has 0 aliphatic heterocycles. The Morgan fingerprint density at radius 3 is 2.41 bits per heavy atom. The second-order valence-electron chi connectivity index (χ2n) is 5.32. The second kappa shape index (κ2) is 10.2. The summed E-state index contributed by atoms with van der Waals surface area (Å²) in [7, 11) is 0. The predicted octanol–water partition coefficient (Wildman–Crippen LogP) is 2.58. The maximum absolute atomic E-state index is 9.84. The first-order valence-corrected chi connectivity index (χ1v) is 7.71. The van der Waals surface area contributed by atoms with E-state index < -0.39 is 6.10 Å². The summed E-state index contributed by atoms with van der Waals surface area (Å²) in [4.78, 5) is 0. The lowest BCUT2D eigenvalue weighted by Crippen LogP contribution is -2.35. The summed E-state index contributed by atoms with van der Waals surface area (Å²) in [6, 6.07) is 14.4. The zero-order chi connectivity index (χ0) is 16.4. The monoisotopic (exact) mass is 305 g/mol. The molecular weight excluding hydrogens is 278 g/mol. The molecule has 22 heavy (non-hydrogen) atoms. The molecule has 0 radical (unpaired) electrons. The summed E-state index contributed by atoms with van der Waals surface area (Å²) in [5.41, 5.74) is 0. The molecule has 4 nitrogen and oxygen atoms in total. The van der Waals surface area contributed by atoms with Crippen molar-refractivity contribution in [1.82, 2.24) is 5.32 Å². The molecule has 2 aromatic rings. The fraction of sp³-hybridized carbons (Fsp3) is 0.444. The largest absolute Gasteiger partial charge is 0.490 e. The van der Waals surface area contributed by atoms with Gasteiger partial charge in [0.15, 0.2) is 0 Å². The Labute approximate surface area is 132 Å². The van der Waals surface area contributed by atoms with Crippen LogP contribution in [0.4, 0.5) is 0 Å². The van der Waals surface area contributed by atoms with Gasteiger partial charge in [-0.25, -0.2) is 0 Å². The van der Waals surface area contributed by atoms with E-state index in [1.54, 1.807) is 6.92 Å². The van der Waals surface area contributed by atoms with E-state index in [0.29, 0.717) is 19.2 Å². The van der Waals surface area contributed by atoms with Gasteiger partial charge in [-0.1, -0.05) is 50.2 Å². The molecule has 0 bridgehead atoms. The summed E-state index contributed by atoms with van der Waals surface area (Å²) in [5.74, 6) is 0.821. The van der Waals surface area contributed by atoms with E-state index in [2.05, 4.69) is 31.3 Å². The van der Waals surface area contributed by atoms with Crippen LogP contribution < -0.4 is 10.1 Å². The van der Waals surface area contributed by atoms with Crippen molar-refractivity contribution in [3.05, 3.63) is 42.5 Å². The van der Waals surface area contributed by atoms with Gasteiger partial charge in [0.1, 0.15) is 18.5 Å². The summed E-state index contributed by atoms with van der Waals surface area (Å²) >= 11 is 0. The van der Waals surface area contributed by atoms with Crippen molar-refractivity contribution in [2.24, 2.45) is 0 Å². The lowest BCUT2D eigenvalue weighted by atomic mass is 10.1. The minimum Gasteiger partial charge on any atom is -0.490 e. The topological polar surface area (TPSA) is 61.7 Å². The number of rotatable bonds is 6. The summed E-state index contributed by atoms with van der Waals surface area (Å²) in [6.07, 6.45) is -0.499. The zero-order valence-electron chi connectivity index (χ0n) is 13.6. The minimum absolute atomic E-state index is 0.250. The highest BCUT2D eigenvalue weighted by Gasteiger charge is 2.07. The van der Waals surface area contributed by atoms with Gasteiger partial charge in [-0.15, -0.1) is 0 Å². The fourth-order valence-electron chi connectivity index (χ4n) is 1.94. The van der Waals surface area contributed by atoms with Gasteiger partial charge < -0.3 is 20.3 Å². The number of hydrogen-bond acceptors (Lipinski definition) is 4. The van der Waals surface area contributed by atoms with Crippen molar-refractivity contribution in [1.29, 1.82) is 0 Å². The van der Waals surface area contributed by atoms with Gasteiger partial charge in [0, 0.05) is 24.6 Å². The summed E-state index contributed by atoms with van der Waals surface area (Å²) in [6.45, 7) is 6.88. The van der Waals surface area contributed by atoms with Gasteiger partial charge in [-0.2, -0.15) is 0 Å². The summed E-state index contributed by atoms with van der Waals surface area (Å²) in [5, 5.41) is 22.8.